The zero-order valence-corrected chi connectivity index (χ0v) is 17.4. The molecule has 1 N–H and O–H groups in total. The van der Waals surface area contributed by atoms with E-state index in [0.717, 1.165) is 11.1 Å². The smallest absolute Gasteiger partial charge is 0.276 e. The molecule has 0 heterocycles. The molecule has 0 atom stereocenters. The Morgan fingerprint density at radius 2 is 1.92 bits per heavy atom. The number of hydrogen-bond acceptors (Lipinski definition) is 5. The molecule has 0 radical (unpaired) electrons. The number of halogens is 1. The monoisotopic (exact) mass is 440 g/mol. The Morgan fingerprint density at radius 1 is 1.19 bits per heavy atom. The van der Waals surface area contributed by atoms with Gasteiger partial charge in [-0.15, -0.1) is 0 Å². The standard InChI is InChI=1S/C18H21BrN2O4S/c1-5-25-17-10-14(9-16(19)18(17)24-4)11-20-21-26(22,23)15-7-6-12(2)13(3)8-15/h6-11,21H,5H2,1-4H3/b20-11+. The molecule has 26 heavy (non-hydrogen) atoms. The number of aryl methyl sites for hydroxylation is 2. The van der Waals surface area contributed by atoms with Crippen LogP contribution in [0.1, 0.15) is 23.6 Å². The molecule has 0 aromatic heterocycles. The summed E-state index contributed by atoms with van der Waals surface area (Å²) in [7, 11) is -2.18. The first-order valence-electron chi connectivity index (χ1n) is 7.91. The Kier molecular flexibility index (Phi) is 6.66. The van der Waals surface area contributed by atoms with Crippen LogP contribution in [0.25, 0.3) is 0 Å². The van der Waals surface area contributed by atoms with Gasteiger partial charge in [-0.05, 0) is 77.7 Å². The van der Waals surface area contributed by atoms with Gasteiger partial charge < -0.3 is 9.47 Å². The van der Waals surface area contributed by atoms with Crippen molar-refractivity contribution >= 4 is 32.2 Å². The summed E-state index contributed by atoms with van der Waals surface area (Å²) in [6.07, 6.45) is 1.41. The van der Waals surface area contributed by atoms with E-state index >= 15 is 0 Å². The lowest BCUT2D eigenvalue weighted by Crippen LogP contribution is -2.18. The molecule has 0 amide bonds. The number of sulfonamides is 1. The van der Waals surface area contributed by atoms with E-state index in [0.29, 0.717) is 28.1 Å². The van der Waals surface area contributed by atoms with Gasteiger partial charge in [0.2, 0.25) is 0 Å². The number of nitrogens with one attached hydrogen (secondary N) is 1. The fraction of sp³-hybridized carbons (Fsp3) is 0.278. The minimum Gasteiger partial charge on any atom is -0.492 e. The minimum atomic E-state index is -3.73. The molecule has 0 saturated carbocycles. The molecule has 0 unspecified atom stereocenters. The van der Waals surface area contributed by atoms with Gasteiger partial charge in [0.1, 0.15) is 0 Å². The molecular formula is C18H21BrN2O4S. The zero-order valence-electron chi connectivity index (χ0n) is 15.0. The number of hydrogen-bond donors (Lipinski definition) is 1. The summed E-state index contributed by atoms with van der Waals surface area (Å²) in [5.74, 6) is 1.11. The molecule has 8 heteroatoms. The average molecular weight is 441 g/mol. The molecule has 0 fully saturated rings. The van der Waals surface area contributed by atoms with Crippen LogP contribution in [0.5, 0.6) is 11.5 Å². The summed E-state index contributed by atoms with van der Waals surface area (Å²) in [6, 6.07) is 8.42. The second-order valence-electron chi connectivity index (χ2n) is 5.57. The number of benzene rings is 2. The Bertz CT molecular complexity index is 927. The van der Waals surface area contributed by atoms with Crippen molar-refractivity contribution in [2.45, 2.75) is 25.7 Å². The quantitative estimate of drug-likeness (QED) is 0.524. The van der Waals surface area contributed by atoms with Crippen molar-refractivity contribution in [3.63, 3.8) is 0 Å². The minimum absolute atomic E-state index is 0.170. The molecule has 0 aliphatic carbocycles. The van der Waals surface area contributed by atoms with Crippen LogP contribution in [-0.2, 0) is 10.0 Å². The molecule has 2 aromatic rings. The molecule has 2 rings (SSSR count). The van der Waals surface area contributed by atoms with E-state index in [1.807, 2.05) is 20.8 Å². The zero-order chi connectivity index (χ0) is 19.3. The van der Waals surface area contributed by atoms with Crippen molar-refractivity contribution < 1.29 is 17.9 Å². The van der Waals surface area contributed by atoms with Crippen molar-refractivity contribution in [1.29, 1.82) is 0 Å². The van der Waals surface area contributed by atoms with E-state index < -0.39 is 10.0 Å². The van der Waals surface area contributed by atoms with Crippen molar-refractivity contribution in [3.8, 4) is 11.5 Å². The van der Waals surface area contributed by atoms with Gasteiger partial charge in [-0.3, -0.25) is 0 Å². The topological polar surface area (TPSA) is 77.0 Å². The van der Waals surface area contributed by atoms with Crippen LogP contribution in [0.2, 0.25) is 0 Å². The number of hydrazone groups is 1. The van der Waals surface area contributed by atoms with E-state index in [-0.39, 0.29) is 4.90 Å². The highest BCUT2D eigenvalue weighted by atomic mass is 79.9. The maximum absolute atomic E-state index is 12.3. The highest BCUT2D eigenvalue weighted by Gasteiger charge is 2.14. The Labute approximate surface area is 162 Å². The molecule has 0 aliphatic rings. The van der Waals surface area contributed by atoms with E-state index in [1.54, 1.807) is 37.4 Å². The maximum Gasteiger partial charge on any atom is 0.276 e. The van der Waals surface area contributed by atoms with E-state index in [1.165, 1.54) is 6.21 Å². The van der Waals surface area contributed by atoms with Crippen LogP contribution >= 0.6 is 15.9 Å². The van der Waals surface area contributed by atoms with Crippen molar-refractivity contribution in [2.24, 2.45) is 5.10 Å². The summed E-state index contributed by atoms with van der Waals surface area (Å²) in [6.45, 7) is 6.13. The van der Waals surface area contributed by atoms with Crippen LogP contribution in [0.3, 0.4) is 0 Å². The van der Waals surface area contributed by atoms with Crippen molar-refractivity contribution in [2.75, 3.05) is 13.7 Å². The normalized spacial score (nSPS) is 11.6. The number of rotatable bonds is 7. The summed E-state index contributed by atoms with van der Waals surface area (Å²) in [5.41, 5.74) is 2.58. The van der Waals surface area contributed by atoms with Crippen LogP contribution in [0, 0.1) is 13.8 Å². The van der Waals surface area contributed by atoms with Gasteiger partial charge in [-0.2, -0.15) is 13.5 Å². The Hall–Kier alpha value is -2.06. The number of ether oxygens (including phenoxy) is 2. The molecule has 140 valence electrons. The highest BCUT2D eigenvalue weighted by Crippen LogP contribution is 2.36. The van der Waals surface area contributed by atoms with Crippen LogP contribution in [0.4, 0.5) is 0 Å². The van der Waals surface area contributed by atoms with Crippen LogP contribution in [0.15, 0.2) is 44.8 Å². The summed E-state index contributed by atoms with van der Waals surface area (Å²) in [4.78, 5) is 2.39. The maximum atomic E-state index is 12.3. The van der Waals surface area contributed by atoms with Crippen LogP contribution in [-0.4, -0.2) is 28.3 Å². The van der Waals surface area contributed by atoms with Crippen molar-refractivity contribution in [1.82, 2.24) is 4.83 Å². The predicted octanol–water partition coefficient (Wildman–Crippen LogP) is 3.79. The molecule has 0 spiro atoms. The molecule has 0 aliphatic heterocycles. The average Bonchev–Trinajstić information content (AvgIpc) is 2.57. The number of nitrogens with zero attached hydrogens (tertiary/aromatic N) is 1. The van der Waals surface area contributed by atoms with E-state index in [9.17, 15) is 8.42 Å². The largest absolute Gasteiger partial charge is 0.492 e. The van der Waals surface area contributed by atoms with Gasteiger partial charge in [0.25, 0.3) is 10.0 Å². The SMILES string of the molecule is CCOc1cc(/C=N/NS(=O)(=O)c2ccc(C)c(C)c2)cc(Br)c1OC. The third kappa shape index (κ3) is 4.76. The summed E-state index contributed by atoms with van der Waals surface area (Å²) in [5, 5.41) is 3.86. The third-order valence-electron chi connectivity index (χ3n) is 3.71. The third-order valence-corrected chi connectivity index (χ3v) is 5.52. The summed E-state index contributed by atoms with van der Waals surface area (Å²) < 4.78 is 36.2. The molecule has 0 saturated heterocycles. The molecule has 0 bridgehead atoms. The first-order valence-corrected chi connectivity index (χ1v) is 10.2. The highest BCUT2D eigenvalue weighted by molar-refractivity contribution is 9.10. The van der Waals surface area contributed by atoms with Crippen molar-refractivity contribution in [3.05, 3.63) is 51.5 Å². The van der Waals surface area contributed by atoms with Gasteiger partial charge in [-0.1, -0.05) is 6.07 Å². The Morgan fingerprint density at radius 3 is 2.54 bits per heavy atom. The second kappa shape index (κ2) is 8.55. The predicted molar refractivity (Wildman–Crippen MR) is 106 cm³/mol. The van der Waals surface area contributed by atoms with E-state index in [4.69, 9.17) is 9.47 Å². The fourth-order valence-corrected chi connectivity index (χ4v) is 3.73. The summed E-state index contributed by atoms with van der Waals surface area (Å²) >= 11 is 3.41. The first kappa shape index (κ1) is 20.3. The molecule has 2 aromatic carbocycles. The first-order chi connectivity index (χ1) is 12.3. The lowest BCUT2D eigenvalue weighted by atomic mass is 10.1. The lowest BCUT2D eigenvalue weighted by molar-refractivity contribution is 0.310. The lowest BCUT2D eigenvalue weighted by Gasteiger charge is -2.11. The van der Waals surface area contributed by atoms with Gasteiger partial charge in [0, 0.05) is 0 Å². The van der Waals surface area contributed by atoms with Gasteiger partial charge in [-0.25, -0.2) is 4.83 Å². The molecular weight excluding hydrogens is 420 g/mol. The van der Waals surface area contributed by atoms with Gasteiger partial charge in [0.05, 0.1) is 29.3 Å². The number of methoxy groups -OCH3 is 1. The van der Waals surface area contributed by atoms with Gasteiger partial charge in [0.15, 0.2) is 11.5 Å². The Balaban J connectivity index is 2.23. The fourth-order valence-electron chi connectivity index (χ4n) is 2.23. The van der Waals surface area contributed by atoms with E-state index in [2.05, 4.69) is 25.9 Å². The van der Waals surface area contributed by atoms with Crippen LogP contribution < -0.4 is 14.3 Å². The second-order valence-corrected chi connectivity index (χ2v) is 8.08. The molecule has 6 nitrogen and oxygen atoms in total. The van der Waals surface area contributed by atoms with Gasteiger partial charge >= 0.3 is 0 Å².